The fourth-order valence-electron chi connectivity index (χ4n) is 2.24. The third-order valence-corrected chi connectivity index (χ3v) is 3.43. The molecule has 6 nitrogen and oxygen atoms in total. The van der Waals surface area contributed by atoms with Gasteiger partial charge in [-0.1, -0.05) is 13.8 Å². The van der Waals surface area contributed by atoms with Crippen molar-refractivity contribution in [3.05, 3.63) is 48.5 Å². The molecule has 3 rings (SSSR count). The Morgan fingerprint density at radius 1 is 1.32 bits per heavy atom. The average Bonchev–Trinajstić information content (AvgIpc) is 3.15. The summed E-state index contributed by atoms with van der Waals surface area (Å²) in [6, 6.07) is 5.60. The number of fused-ring (bicyclic) bond motifs is 1. The van der Waals surface area contributed by atoms with E-state index < -0.39 is 0 Å². The summed E-state index contributed by atoms with van der Waals surface area (Å²) in [5.41, 5.74) is 1.45. The van der Waals surface area contributed by atoms with Gasteiger partial charge in [-0.2, -0.15) is 10.2 Å². The zero-order valence-electron chi connectivity index (χ0n) is 12.6. The Balaban J connectivity index is 1.72. The van der Waals surface area contributed by atoms with Gasteiger partial charge in [0.25, 0.3) is 0 Å². The number of ether oxygens (including phenoxy) is 1. The second kappa shape index (κ2) is 6.01. The number of aromatic nitrogens is 4. The van der Waals surface area contributed by atoms with Gasteiger partial charge in [0.15, 0.2) is 5.78 Å². The van der Waals surface area contributed by atoms with Crippen LogP contribution in [0.1, 0.15) is 24.2 Å². The lowest BCUT2D eigenvalue weighted by Gasteiger charge is -2.07. The third kappa shape index (κ3) is 2.86. The van der Waals surface area contributed by atoms with Gasteiger partial charge in [-0.15, -0.1) is 0 Å². The van der Waals surface area contributed by atoms with Crippen LogP contribution in [0.5, 0.6) is 5.75 Å². The van der Waals surface area contributed by atoms with Crippen LogP contribution in [0.2, 0.25) is 0 Å². The summed E-state index contributed by atoms with van der Waals surface area (Å²) >= 11 is 0. The Hall–Kier alpha value is -2.63. The van der Waals surface area contributed by atoms with Crippen molar-refractivity contribution in [2.24, 2.45) is 5.92 Å². The van der Waals surface area contributed by atoms with Crippen LogP contribution < -0.4 is 4.74 Å². The highest BCUT2D eigenvalue weighted by molar-refractivity contribution is 6.03. The molecule has 3 aromatic heterocycles. The zero-order valence-corrected chi connectivity index (χ0v) is 12.6. The molecule has 0 aromatic carbocycles. The van der Waals surface area contributed by atoms with E-state index in [1.54, 1.807) is 23.1 Å². The van der Waals surface area contributed by atoms with Gasteiger partial charge in [0, 0.05) is 18.3 Å². The van der Waals surface area contributed by atoms with Crippen molar-refractivity contribution in [1.29, 1.82) is 0 Å². The SMILES string of the molecule is CC(C)C(=O)c1cnn2cc(OCCn3cccn3)ccc12. The van der Waals surface area contributed by atoms with Crippen LogP contribution in [-0.4, -0.2) is 31.8 Å². The molecule has 0 aliphatic carbocycles. The number of pyridine rings is 1. The van der Waals surface area contributed by atoms with E-state index in [1.165, 1.54) is 0 Å². The Labute approximate surface area is 128 Å². The van der Waals surface area contributed by atoms with Crippen LogP contribution in [0, 0.1) is 5.92 Å². The summed E-state index contributed by atoms with van der Waals surface area (Å²) in [5, 5.41) is 8.36. The highest BCUT2D eigenvalue weighted by atomic mass is 16.5. The topological polar surface area (TPSA) is 61.4 Å². The number of hydrogen-bond acceptors (Lipinski definition) is 4. The summed E-state index contributed by atoms with van der Waals surface area (Å²) in [5.74, 6) is 0.770. The van der Waals surface area contributed by atoms with Crippen molar-refractivity contribution in [2.75, 3.05) is 6.61 Å². The molecule has 6 heteroatoms. The van der Waals surface area contributed by atoms with Crippen LogP contribution in [0.25, 0.3) is 5.52 Å². The van der Waals surface area contributed by atoms with Crippen molar-refractivity contribution >= 4 is 11.3 Å². The third-order valence-electron chi connectivity index (χ3n) is 3.43. The Kier molecular flexibility index (Phi) is 3.91. The van der Waals surface area contributed by atoms with Crippen LogP contribution in [-0.2, 0) is 6.54 Å². The van der Waals surface area contributed by atoms with Gasteiger partial charge in [-0.3, -0.25) is 9.48 Å². The number of rotatable bonds is 6. The largest absolute Gasteiger partial charge is 0.490 e. The Morgan fingerprint density at radius 2 is 2.18 bits per heavy atom. The van der Waals surface area contributed by atoms with Gasteiger partial charge in [0.05, 0.1) is 30.0 Å². The summed E-state index contributed by atoms with van der Waals surface area (Å²) in [6.45, 7) is 4.98. The maximum atomic E-state index is 12.1. The molecule has 0 aliphatic rings. The smallest absolute Gasteiger partial charge is 0.169 e. The van der Waals surface area contributed by atoms with Gasteiger partial charge in [0.2, 0.25) is 0 Å². The minimum absolute atomic E-state index is 0.0435. The van der Waals surface area contributed by atoms with E-state index in [0.717, 1.165) is 5.52 Å². The van der Waals surface area contributed by atoms with Gasteiger partial charge < -0.3 is 4.74 Å². The number of carbonyl (C=O) groups is 1. The van der Waals surface area contributed by atoms with E-state index in [1.807, 2.05) is 42.9 Å². The second-order valence-electron chi connectivity index (χ2n) is 5.39. The second-order valence-corrected chi connectivity index (χ2v) is 5.39. The fraction of sp³-hybridized carbons (Fsp3) is 0.312. The lowest BCUT2D eigenvalue weighted by molar-refractivity contribution is 0.0941. The molecule has 0 spiro atoms. The summed E-state index contributed by atoms with van der Waals surface area (Å²) < 4.78 is 9.19. The van der Waals surface area contributed by atoms with Crippen LogP contribution in [0.4, 0.5) is 0 Å². The summed E-state index contributed by atoms with van der Waals surface area (Å²) in [7, 11) is 0. The maximum absolute atomic E-state index is 12.1. The first-order valence-corrected chi connectivity index (χ1v) is 7.27. The molecule has 0 radical (unpaired) electrons. The van der Waals surface area contributed by atoms with E-state index >= 15 is 0 Å². The first kappa shape index (κ1) is 14.3. The lowest BCUT2D eigenvalue weighted by Crippen LogP contribution is -2.09. The number of Topliss-reactive ketones (excluding diaryl/α,β-unsaturated/α-hetero) is 1. The van der Waals surface area contributed by atoms with Gasteiger partial charge >= 0.3 is 0 Å². The number of carbonyl (C=O) groups excluding carboxylic acids is 1. The molecule has 22 heavy (non-hydrogen) atoms. The molecule has 0 N–H and O–H groups in total. The van der Waals surface area contributed by atoms with Crippen molar-refractivity contribution in [3.8, 4) is 5.75 Å². The fourth-order valence-corrected chi connectivity index (χ4v) is 2.24. The van der Waals surface area contributed by atoms with Crippen molar-refractivity contribution in [2.45, 2.75) is 20.4 Å². The van der Waals surface area contributed by atoms with E-state index in [-0.39, 0.29) is 11.7 Å². The number of nitrogens with zero attached hydrogens (tertiary/aromatic N) is 4. The number of ketones is 1. The Morgan fingerprint density at radius 3 is 2.91 bits per heavy atom. The molecule has 0 aliphatic heterocycles. The van der Waals surface area contributed by atoms with Gasteiger partial charge in [0.1, 0.15) is 12.4 Å². The quantitative estimate of drug-likeness (QED) is 0.656. The van der Waals surface area contributed by atoms with Crippen LogP contribution in [0.3, 0.4) is 0 Å². The van der Waals surface area contributed by atoms with Crippen molar-refractivity contribution < 1.29 is 9.53 Å². The summed E-state index contributed by atoms with van der Waals surface area (Å²) in [6.07, 6.45) is 7.04. The highest BCUT2D eigenvalue weighted by Gasteiger charge is 2.15. The minimum atomic E-state index is -0.0435. The molecule has 0 fully saturated rings. The number of hydrogen-bond donors (Lipinski definition) is 0. The van der Waals surface area contributed by atoms with Gasteiger partial charge in [-0.05, 0) is 18.2 Å². The molecule has 114 valence electrons. The molecule has 0 amide bonds. The Bertz CT molecular complexity index is 775. The normalized spacial score (nSPS) is 11.2. The van der Waals surface area contributed by atoms with E-state index in [4.69, 9.17) is 4.74 Å². The monoisotopic (exact) mass is 298 g/mol. The molecule has 3 aromatic rings. The maximum Gasteiger partial charge on any atom is 0.169 e. The van der Waals surface area contributed by atoms with Crippen molar-refractivity contribution in [3.63, 3.8) is 0 Å². The van der Waals surface area contributed by atoms with E-state index in [2.05, 4.69) is 10.2 Å². The first-order valence-electron chi connectivity index (χ1n) is 7.27. The summed E-state index contributed by atoms with van der Waals surface area (Å²) in [4.78, 5) is 12.1. The predicted molar refractivity (Wildman–Crippen MR) is 82.1 cm³/mol. The molecular weight excluding hydrogens is 280 g/mol. The molecular formula is C16H18N4O2. The lowest BCUT2D eigenvalue weighted by atomic mass is 10.0. The molecule has 0 saturated heterocycles. The zero-order chi connectivity index (χ0) is 15.5. The predicted octanol–water partition coefficient (Wildman–Crippen LogP) is 2.45. The average molecular weight is 298 g/mol. The van der Waals surface area contributed by atoms with E-state index in [9.17, 15) is 4.79 Å². The van der Waals surface area contributed by atoms with Crippen LogP contribution in [0.15, 0.2) is 43.0 Å². The van der Waals surface area contributed by atoms with Crippen molar-refractivity contribution in [1.82, 2.24) is 19.4 Å². The minimum Gasteiger partial charge on any atom is -0.490 e. The van der Waals surface area contributed by atoms with E-state index in [0.29, 0.717) is 24.5 Å². The molecule has 3 heterocycles. The molecule has 0 atom stereocenters. The molecule has 0 saturated carbocycles. The molecule has 0 bridgehead atoms. The standard InChI is InChI=1S/C16H18N4O2/c1-12(2)16(21)14-10-18-20-11-13(4-5-15(14)20)22-9-8-19-7-3-6-17-19/h3-7,10-12H,8-9H2,1-2H3. The van der Waals surface area contributed by atoms with Gasteiger partial charge in [-0.25, -0.2) is 4.52 Å². The van der Waals surface area contributed by atoms with Crippen LogP contribution >= 0.6 is 0 Å². The first-order chi connectivity index (χ1) is 10.6. The molecule has 0 unspecified atom stereocenters. The highest BCUT2D eigenvalue weighted by Crippen LogP contribution is 2.19.